The van der Waals surface area contributed by atoms with Crippen molar-refractivity contribution in [1.29, 1.82) is 0 Å². The lowest BCUT2D eigenvalue weighted by Gasteiger charge is -2.13. The molecule has 4 heteroatoms. The predicted molar refractivity (Wildman–Crippen MR) is 66.3 cm³/mol. The van der Waals surface area contributed by atoms with Crippen molar-refractivity contribution in [3.05, 3.63) is 34.9 Å². The van der Waals surface area contributed by atoms with Crippen molar-refractivity contribution in [2.24, 2.45) is 0 Å². The van der Waals surface area contributed by atoms with Gasteiger partial charge in [0.2, 0.25) is 0 Å². The van der Waals surface area contributed by atoms with Crippen molar-refractivity contribution < 1.29 is 9.90 Å². The van der Waals surface area contributed by atoms with Crippen LogP contribution < -0.4 is 5.43 Å². The molecule has 0 heterocycles. The molecule has 0 bridgehead atoms. The second-order valence-corrected chi connectivity index (χ2v) is 3.84. The van der Waals surface area contributed by atoms with E-state index in [-0.39, 0.29) is 12.5 Å². The van der Waals surface area contributed by atoms with E-state index in [1.54, 1.807) is 31.2 Å². The van der Waals surface area contributed by atoms with E-state index in [2.05, 4.69) is 17.3 Å². The number of nitrogens with zero attached hydrogens (tertiary/aromatic N) is 1. The zero-order valence-electron chi connectivity index (χ0n) is 10.2. The molecular weight excluding hydrogens is 216 g/mol. The third-order valence-corrected chi connectivity index (χ3v) is 2.05. The molecule has 90 valence electrons. The Morgan fingerprint density at radius 1 is 1.47 bits per heavy atom. The van der Waals surface area contributed by atoms with Crippen LogP contribution in [0.25, 0.3) is 0 Å². The summed E-state index contributed by atoms with van der Waals surface area (Å²) in [7, 11) is 3.49. The van der Waals surface area contributed by atoms with Crippen LogP contribution in [-0.4, -0.2) is 36.7 Å². The van der Waals surface area contributed by atoms with Gasteiger partial charge in [0.15, 0.2) is 0 Å². The lowest BCUT2D eigenvalue weighted by Crippen LogP contribution is -2.36. The van der Waals surface area contributed by atoms with Crippen LogP contribution in [0.3, 0.4) is 0 Å². The maximum Gasteiger partial charge on any atom is 0.266 e. The first-order valence-electron chi connectivity index (χ1n) is 5.23. The third kappa shape index (κ3) is 3.91. The fourth-order valence-electron chi connectivity index (χ4n) is 1.35. The largest absolute Gasteiger partial charge is 0.384 e. The molecule has 0 unspecified atom stereocenters. The molecule has 17 heavy (non-hydrogen) atoms. The molecule has 1 aromatic carbocycles. The molecule has 0 saturated carbocycles. The van der Waals surface area contributed by atoms with Crippen LogP contribution in [0.2, 0.25) is 0 Å². The first kappa shape index (κ1) is 13.2. The molecule has 0 aliphatic carbocycles. The van der Waals surface area contributed by atoms with Crippen LogP contribution >= 0.6 is 0 Å². The van der Waals surface area contributed by atoms with Gasteiger partial charge in [0.1, 0.15) is 6.61 Å². The number of amides is 1. The highest BCUT2D eigenvalue weighted by Crippen LogP contribution is 2.10. The van der Waals surface area contributed by atoms with E-state index < -0.39 is 0 Å². The lowest BCUT2D eigenvalue weighted by atomic mass is 10.0. The Labute approximate surface area is 101 Å². The summed E-state index contributed by atoms with van der Waals surface area (Å²) in [5.41, 5.74) is 4.78. The second kappa shape index (κ2) is 6.04. The van der Waals surface area contributed by atoms with Gasteiger partial charge in [-0.2, -0.15) is 0 Å². The molecule has 1 aromatic rings. The second-order valence-electron chi connectivity index (χ2n) is 3.84. The number of rotatable bonds is 2. The van der Waals surface area contributed by atoms with E-state index in [9.17, 15) is 4.79 Å². The number of nitrogens with one attached hydrogen (secondary N) is 1. The van der Waals surface area contributed by atoms with Gasteiger partial charge >= 0.3 is 0 Å². The summed E-state index contributed by atoms with van der Waals surface area (Å²) in [5, 5.41) is 10.3. The first-order chi connectivity index (χ1) is 8.04. The number of hydrogen-bond acceptors (Lipinski definition) is 3. The number of hydrogen-bond donors (Lipinski definition) is 2. The number of aliphatic hydroxyl groups is 1. The van der Waals surface area contributed by atoms with Crippen molar-refractivity contribution in [2.45, 2.75) is 6.92 Å². The van der Waals surface area contributed by atoms with E-state index in [1.807, 2.05) is 13.0 Å². The van der Waals surface area contributed by atoms with Gasteiger partial charge in [-0.15, -0.1) is 0 Å². The minimum absolute atomic E-state index is 0.207. The Bertz CT molecular complexity index is 470. The van der Waals surface area contributed by atoms with Crippen LogP contribution in [-0.2, 0) is 0 Å². The highest BCUT2D eigenvalue weighted by Gasteiger charge is 2.10. The van der Waals surface area contributed by atoms with Crippen LogP contribution in [0.1, 0.15) is 21.5 Å². The Hall–Kier alpha value is -1.83. The monoisotopic (exact) mass is 232 g/mol. The normalized spacial score (nSPS) is 9.71. The van der Waals surface area contributed by atoms with Crippen LogP contribution in [0.4, 0.5) is 0 Å². The van der Waals surface area contributed by atoms with Crippen molar-refractivity contribution in [3.8, 4) is 11.8 Å². The molecule has 2 N–H and O–H groups in total. The van der Waals surface area contributed by atoms with Gasteiger partial charge in [-0.25, -0.2) is 5.01 Å². The maximum absolute atomic E-state index is 11.9. The summed E-state index contributed by atoms with van der Waals surface area (Å²) in [6, 6.07) is 5.44. The van der Waals surface area contributed by atoms with Crippen molar-refractivity contribution in [2.75, 3.05) is 20.7 Å². The van der Waals surface area contributed by atoms with E-state index in [0.717, 1.165) is 5.56 Å². The van der Waals surface area contributed by atoms with Gasteiger partial charge in [-0.05, 0) is 19.1 Å². The Balaban J connectivity index is 3.10. The molecule has 0 aromatic heterocycles. The average molecular weight is 232 g/mol. The SMILES string of the molecule is Cc1ccc(C#CCO)c(C(=O)NN(C)C)c1. The lowest BCUT2D eigenvalue weighted by molar-refractivity contribution is 0.0856. The minimum Gasteiger partial charge on any atom is -0.384 e. The summed E-state index contributed by atoms with van der Waals surface area (Å²) in [6.45, 7) is 1.69. The number of benzene rings is 1. The number of carbonyl (C=O) groups excluding carboxylic acids is 1. The molecule has 1 amide bonds. The minimum atomic E-state index is -0.220. The van der Waals surface area contributed by atoms with E-state index in [4.69, 9.17) is 5.11 Å². The van der Waals surface area contributed by atoms with Crippen molar-refractivity contribution >= 4 is 5.91 Å². The summed E-state index contributed by atoms with van der Waals surface area (Å²) < 4.78 is 0. The number of carbonyl (C=O) groups is 1. The fourth-order valence-corrected chi connectivity index (χ4v) is 1.35. The van der Waals surface area contributed by atoms with Crippen LogP contribution in [0.5, 0.6) is 0 Å². The zero-order chi connectivity index (χ0) is 12.8. The van der Waals surface area contributed by atoms with Gasteiger partial charge in [0.25, 0.3) is 5.91 Å². The predicted octanol–water partition coefficient (Wildman–Crippen LogP) is 0.545. The Morgan fingerprint density at radius 3 is 2.76 bits per heavy atom. The zero-order valence-corrected chi connectivity index (χ0v) is 10.2. The van der Waals surface area contributed by atoms with Gasteiger partial charge < -0.3 is 5.11 Å². The maximum atomic E-state index is 11.9. The average Bonchev–Trinajstić information content (AvgIpc) is 2.26. The number of aliphatic hydroxyl groups excluding tert-OH is 1. The molecule has 0 radical (unpaired) electrons. The first-order valence-corrected chi connectivity index (χ1v) is 5.23. The molecule has 4 nitrogen and oxygen atoms in total. The summed E-state index contributed by atoms with van der Waals surface area (Å²) >= 11 is 0. The summed E-state index contributed by atoms with van der Waals surface area (Å²) in [4.78, 5) is 11.9. The highest BCUT2D eigenvalue weighted by molar-refractivity contribution is 5.96. The van der Waals surface area contributed by atoms with Gasteiger partial charge in [-0.3, -0.25) is 10.2 Å². The number of hydrazine groups is 1. The molecule has 0 aliphatic rings. The summed E-state index contributed by atoms with van der Waals surface area (Å²) in [5.74, 6) is 5.10. The third-order valence-electron chi connectivity index (χ3n) is 2.05. The highest BCUT2D eigenvalue weighted by atomic mass is 16.2. The summed E-state index contributed by atoms with van der Waals surface area (Å²) in [6.07, 6.45) is 0. The van der Waals surface area contributed by atoms with E-state index >= 15 is 0 Å². The fraction of sp³-hybridized carbons (Fsp3) is 0.308. The molecule has 0 spiro atoms. The van der Waals surface area contributed by atoms with Gasteiger partial charge in [0.05, 0.1) is 5.56 Å². The quantitative estimate of drug-likeness (QED) is 0.578. The standard InChI is InChI=1S/C13H16N2O2/c1-10-6-7-11(5-4-8-16)12(9-10)13(17)14-15(2)3/h6-7,9,16H,8H2,1-3H3,(H,14,17). The smallest absolute Gasteiger partial charge is 0.266 e. The molecule has 0 fully saturated rings. The van der Waals surface area contributed by atoms with Crippen molar-refractivity contribution in [3.63, 3.8) is 0 Å². The van der Waals surface area contributed by atoms with Crippen LogP contribution in [0, 0.1) is 18.8 Å². The van der Waals surface area contributed by atoms with Crippen molar-refractivity contribution in [1.82, 2.24) is 10.4 Å². The van der Waals surface area contributed by atoms with Gasteiger partial charge in [-0.1, -0.05) is 23.5 Å². The van der Waals surface area contributed by atoms with Crippen LogP contribution in [0.15, 0.2) is 18.2 Å². The molecule has 0 atom stereocenters. The number of aryl methyl sites for hydroxylation is 1. The molecule has 0 saturated heterocycles. The Kier molecular flexibility index (Phi) is 4.70. The molecular formula is C13H16N2O2. The Morgan fingerprint density at radius 2 is 2.18 bits per heavy atom. The van der Waals surface area contributed by atoms with Gasteiger partial charge in [0, 0.05) is 19.7 Å². The van der Waals surface area contributed by atoms with E-state index in [1.165, 1.54) is 0 Å². The molecule has 1 rings (SSSR count). The van der Waals surface area contributed by atoms with E-state index in [0.29, 0.717) is 11.1 Å². The topological polar surface area (TPSA) is 52.6 Å². The molecule has 0 aliphatic heterocycles.